The predicted octanol–water partition coefficient (Wildman–Crippen LogP) is 1.43. The number of carboxylic acid groups (broad SMARTS) is 1. The second-order valence-electron chi connectivity index (χ2n) is 5.82. The zero-order valence-electron chi connectivity index (χ0n) is 12.0. The smallest absolute Gasteiger partial charge is 0.306 e. The van der Waals surface area contributed by atoms with Gasteiger partial charge in [0.15, 0.2) is 0 Å². The van der Waals surface area contributed by atoms with Gasteiger partial charge in [-0.25, -0.2) is 0 Å². The molecule has 1 fully saturated rings. The SMILES string of the molecule is O=C(O)C1CCN(C(=O)CN2CCc3sccc3C2)CC1. The molecule has 0 atom stereocenters. The van der Waals surface area contributed by atoms with Gasteiger partial charge >= 0.3 is 5.97 Å². The Morgan fingerprint density at radius 2 is 2.05 bits per heavy atom. The molecule has 1 aromatic rings. The van der Waals surface area contributed by atoms with Gasteiger partial charge < -0.3 is 10.0 Å². The number of nitrogens with zero attached hydrogens (tertiary/aromatic N) is 2. The normalized spacial score (nSPS) is 20.3. The Hall–Kier alpha value is -1.40. The van der Waals surface area contributed by atoms with Gasteiger partial charge in [0, 0.05) is 31.1 Å². The van der Waals surface area contributed by atoms with Crippen LogP contribution in [0, 0.1) is 5.92 Å². The van der Waals surface area contributed by atoms with Crippen molar-refractivity contribution in [3.8, 4) is 0 Å². The number of hydrogen-bond acceptors (Lipinski definition) is 4. The number of fused-ring (bicyclic) bond motifs is 1. The maximum atomic E-state index is 12.3. The van der Waals surface area contributed by atoms with E-state index in [9.17, 15) is 9.59 Å². The van der Waals surface area contributed by atoms with Crippen LogP contribution in [-0.4, -0.2) is 53.0 Å². The van der Waals surface area contributed by atoms with Crippen molar-refractivity contribution in [3.05, 3.63) is 21.9 Å². The maximum absolute atomic E-state index is 12.3. The molecule has 2 aliphatic rings. The van der Waals surface area contributed by atoms with E-state index in [0.29, 0.717) is 32.5 Å². The Bertz CT molecular complexity index is 535. The van der Waals surface area contributed by atoms with Crippen LogP contribution in [0.3, 0.4) is 0 Å². The lowest BCUT2D eigenvalue weighted by molar-refractivity contribution is -0.146. The van der Waals surface area contributed by atoms with Gasteiger partial charge in [0.1, 0.15) is 0 Å². The number of piperidine rings is 1. The number of hydrogen-bond donors (Lipinski definition) is 1. The molecule has 0 radical (unpaired) electrons. The standard InChI is InChI=1S/C15H20N2O3S/c18-14(17-6-1-11(2-7-17)15(19)20)10-16-5-3-13-12(9-16)4-8-21-13/h4,8,11H,1-3,5-7,9-10H2,(H,19,20). The molecule has 0 saturated carbocycles. The highest BCUT2D eigenvalue weighted by Gasteiger charge is 2.28. The molecule has 3 rings (SSSR count). The first-order valence-corrected chi connectivity index (χ1v) is 8.29. The highest BCUT2D eigenvalue weighted by Crippen LogP contribution is 2.24. The number of aliphatic carboxylic acids is 1. The average molecular weight is 308 g/mol. The van der Waals surface area contributed by atoms with Crippen molar-refractivity contribution < 1.29 is 14.7 Å². The van der Waals surface area contributed by atoms with Crippen LogP contribution in [0.25, 0.3) is 0 Å². The molecular weight excluding hydrogens is 288 g/mol. The third-order valence-electron chi connectivity index (χ3n) is 4.44. The van der Waals surface area contributed by atoms with E-state index in [1.165, 1.54) is 10.4 Å². The average Bonchev–Trinajstić information content (AvgIpc) is 2.95. The summed E-state index contributed by atoms with van der Waals surface area (Å²) in [6.45, 7) is 3.40. The molecule has 0 aliphatic carbocycles. The van der Waals surface area contributed by atoms with E-state index in [2.05, 4.69) is 16.3 Å². The summed E-state index contributed by atoms with van der Waals surface area (Å²) in [6.07, 6.45) is 2.19. The van der Waals surface area contributed by atoms with Crippen LogP contribution in [0.15, 0.2) is 11.4 Å². The quantitative estimate of drug-likeness (QED) is 0.917. The first-order chi connectivity index (χ1) is 10.1. The second-order valence-corrected chi connectivity index (χ2v) is 6.82. The molecule has 0 aromatic carbocycles. The zero-order chi connectivity index (χ0) is 14.8. The van der Waals surface area contributed by atoms with Gasteiger partial charge in [-0.2, -0.15) is 0 Å². The fraction of sp³-hybridized carbons (Fsp3) is 0.600. The maximum Gasteiger partial charge on any atom is 0.306 e. The molecule has 1 amide bonds. The first kappa shape index (κ1) is 14.5. The minimum absolute atomic E-state index is 0.137. The monoisotopic (exact) mass is 308 g/mol. The minimum Gasteiger partial charge on any atom is -0.481 e. The summed E-state index contributed by atoms with van der Waals surface area (Å²) >= 11 is 1.80. The second kappa shape index (κ2) is 6.15. The fourth-order valence-corrected chi connectivity index (χ4v) is 4.00. The molecule has 1 aromatic heterocycles. The van der Waals surface area contributed by atoms with Crippen molar-refractivity contribution in [1.82, 2.24) is 9.80 Å². The molecule has 1 saturated heterocycles. The van der Waals surface area contributed by atoms with Crippen LogP contribution < -0.4 is 0 Å². The summed E-state index contributed by atoms with van der Waals surface area (Å²) in [6, 6.07) is 2.15. The number of amides is 1. The topological polar surface area (TPSA) is 60.9 Å². The number of likely N-dealkylation sites (tertiary alicyclic amines) is 1. The van der Waals surface area contributed by atoms with Crippen molar-refractivity contribution in [2.45, 2.75) is 25.8 Å². The van der Waals surface area contributed by atoms with Crippen LogP contribution in [0.1, 0.15) is 23.3 Å². The molecule has 3 heterocycles. The molecule has 0 bridgehead atoms. The Kier molecular flexibility index (Phi) is 4.26. The van der Waals surface area contributed by atoms with Crippen molar-refractivity contribution >= 4 is 23.2 Å². The molecule has 2 aliphatic heterocycles. The van der Waals surface area contributed by atoms with E-state index in [1.807, 2.05) is 4.90 Å². The molecule has 1 N–H and O–H groups in total. The third kappa shape index (κ3) is 3.27. The Balaban J connectivity index is 1.50. The molecule has 0 spiro atoms. The number of rotatable bonds is 3. The summed E-state index contributed by atoms with van der Waals surface area (Å²) in [4.78, 5) is 28.7. The molecule has 6 heteroatoms. The number of carboxylic acids is 1. The number of carbonyl (C=O) groups excluding carboxylic acids is 1. The summed E-state index contributed by atoms with van der Waals surface area (Å²) in [5.74, 6) is -0.877. The summed E-state index contributed by atoms with van der Waals surface area (Å²) < 4.78 is 0. The van der Waals surface area contributed by atoms with Crippen LogP contribution in [0.2, 0.25) is 0 Å². The van der Waals surface area contributed by atoms with Gasteiger partial charge in [-0.1, -0.05) is 0 Å². The Morgan fingerprint density at radius 3 is 2.76 bits per heavy atom. The fourth-order valence-electron chi connectivity index (χ4n) is 3.11. The van der Waals surface area contributed by atoms with E-state index in [0.717, 1.165) is 19.5 Å². The molecule has 5 nitrogen and oxygen atoms in total. The van der Waals surface area contributed by atoms with Gasteiger partial charge in [-0.3, -0.25) is 14.5 Å². The van der Waals surface area contributed by atoms with E-state index < -0.39 is 5.97 Å². The minimum atomic E-state index is -0.733. The van der Waals surface area contributed by atoms with E-state index in [4.69, 9.17) is 5.11 Å². The predicted molar refractivity (Wildman–Crippen MR) is 80.2 cm³/mol. The first-order valence-electron chi connectivity index (χ1n) is 7.41. The van der Waals surface area contributed by atoms with E-state index in [1.54, 1.807) is 11.3 Å². The number of carbonyl (C=O) groups is 2. The van der Waals surface area contributed by atoms with Crippen LogP contribution in [0.5, 0.6) is 0 Å². The largest absolute Gasteiger partial charge is 0.481 e. The van der Waals surface area contributed by atoms with Gasteiger partial charge in [-0.15, -0.1) is 11.3 Å². The van der Waals surface area contributed by atoms with Crippen molar-refractivity contribution in [2.24, 2.45) is 5.92 Å². The van der Waals surface area contributed by atoms with E-state index in [-0.39, 0.29) is 11.8 Å². The van der Waals surface area contributed by atoms with Crippen LogP contribution in [-0.2, 0) is 22.6 Å². The third-order valence-corrected chi connectivity index (χ3v) is 5.47. The number of thiophene rings is 1. The Labute approximate surface area is 128 Å². The summed E-state index contributed by atoms with van der Waals surface area (Å²) in [5.41, 5.74) is 1.35. The van der Waals surface area contributed by atoms with Gasteiger partial charge in [-0.05, 0) is 36.3 Å². The summed E-state index contributed by atoms with van der Waals surface area (Å²) in [5, 5.41) is 11.1. The summed E-state index contributed by atoms with van der Waals surface area (Å²) in [7, 11) is 0. The molecule has 0 unspecified atom stereocenters. The Morgan fingerprint density at radius 1 is 1.29 bits per heavy atom. The van der Waals surface area contributed by atoms with Gasteiger partial charge in [0.05, 0.1) is 12.5 Å². The zero-order valence-corrected chi connectivity index (χ0v) is 12.8. The van der Waals surface area contributed by atoms with Crippen LogP contribution >= 0.6 is 11.3 Å². The molecule has 114 valence electrons. The van der Waals surface area contributed by atoms with Crippen molar-refractivity contribution in [3.63, 3.8) is 0 Å². The van der Waals surface area contributed by atoms with Crippen molar-refractivity contribution in [1.29, 1.82) is 0 Å². The highest BCUT2D eigenvalue weighted by atomic mass is 32.1. The van der Waals surface area contributed by atoms with Crippen molar-refractivity contribution in [2.75, 3.05) is 26.2 Å². The van der Waals surface area contributed by atoms with Gasteiger partial charge in [0.25, 0.3) is 0 Å². The lowest BCUT2D eigenvalue weighted by Gasteiger charge is -2.33. The molecule has 21 heavy (non-hydrogen) atoms. The van der Waals surface area contributed by atoms with Crippen LogP contribution in [0.4, 0.5) is 0 Å². The van der Waals surface area contributed by atoms with E-state index >= 15 is 0 Å². The lowest BCUT2D eigenvalue weighted by atomic mass is 9.97. The highest BCUT2D eigenvalue weighted by molar-refractivity contribution is 7.10. The molecular formula is C15H20N2O3S. The lowest BCUT2D eigenvalue weighted by Crippen LogP contribution is -2.45. The van der Waals surface area contributed by atoms with Gasteiger partial charge in [0.2, 0.25) is 5.91 Å².